The molecule has 9 rings (SSSR count). The van der Waals surface area contributed by atoms with Crippen LogP contribution in [-0.4, -0.2) is 14.5 Å². The molecule has 6 aromatic carbocycles. The molecule has 5 heteroatoms. The molecule has 3 heterocycles. The Bertz CT molecular complexity index is 2620. The molecule has 0 bridgehead atoms. The standard InChI is InChI=1S/C39H22N4S/c40-23-24-16-18-25(19-17-24)36-32-12-1-4-13-33(32)41-39(42-36)26-8-7-9-27(22-26)43-34-14-5-2-10-28(34)30-20-21-31-29-11-3-6-15-35(29)44-38(31)37(30)43/h1-22H. The fourth-order valence-electron chi connectivity index (χ4n) is 6.41. The maximum absolute atomic E-state index is 9.32. The average Bonchev–Trinajstić information content (AvgIpc) is 3.64. The van der Waals surface area contributed by atoms with Gasteiger partial charge in [0.25, 0.3) is 0 Å². The summed E-state index contributed by atoms with van der Waals surface area (Å²) in [5, 5.41) is 15.3. The van der Waals surface area contributed by atoms with Gasteiger partial charge in [0.2, 0.25) is 0 Å². The lowest BCUT2D eigenvalue weighted by Crippen LogP contribution is -1.98. The molecule has 204 valence electrons. The van der Waals surface area contributed by atoms with Gasteiger partial charge >= 0.3 is 0 Å². The van der Waals surface area contributed by atoms with Crippen LogP contribution in [0.1, 0.15) is 5.56 Å². The Kier molecular flexibility index (Phi) is 5.40. The van der Waals surface area contributed by atoms with Crippen molar-refractivity contribution in [3.8, 4) is 34.4 Å². The Balaban J connectivity index is 1.30. The molecule has 0 spiro atoms. The van der Waals surface area contributed by atoms with Gasteiger partial charge in [0.1, 0.15) is 0 Å². The van der Waals surface area contributed by atoms with Crippen LogP contribution in [0.15, 0.2) is 133 Å². The topological polar surface area (TPSA) is 54.5 Å². The molecule has 0 saturated heterocycles. The Hall–Kier alpha value is -5.83. The van der Waals surface area contributed by atoms with Crippen LogP contribution in [0.25, 0.3) is 81.2 Å². The number of hydrogen-bond acceptors (Lipinski definition) is 4. The number of nitriles is 1. The number of hydrogen-bond donors (Lipinski definition) is 0. The lowest BCUT2D eigenvalue weighted by Gasteiger charge is -2.12. The van der Waals surface area contributed by atoms with Gasteiger partial charge < -0.3 is 4.57 Å². The van der Waals surface area contributed by atoms with E-state index in [2.05, 4.69) is 102 Å². The van der Waals surface area contributed by atoms with Gasteiger partial charge in [-0.1, -0.05) is 91.0 Å². The molecule has 0 aliphatic heterocycles. The first-order chi connectivity index (χ1) is 21.8. The van der Waals surface area contributed by atoms with Gasteiger partial charge in [-0.2, -0.15) is 5.26 Å². The van der Waals surface area contributed by atoms with Crippen molar-refractivity contribution in [1.82, 2.24) is 14.5 Å². The number of thiophene rings is 1. The van der Waals surface area contributed by atoms with Gasteiger partial charge in [-0.15, -0.1) is 11.3 Å². The summed E-state index contributed by atoms with van der Waals surface area (Å²) in [5.41, 5.74) is 7.71. The van der Waals surface area contributed by atoms with Crippen LogP contribution in [0.4, 0.5) is 0 Å². The molecule has 0 amide bonds. The fraction of sp³-hybridized carbons (Fsp3) is 0. The van der Waals surface area contributed by atoms with Crippen LogP contribution >= 0.6 is 11.3 Å². The zero-order valence-corrected chi connectivity index (χ0v) is 24.2. The normalized spacial score (nSPS) is 11.6. The number of fused-ring (bicyclic) bond motifs is 8. The fourth-order valence-corrected chi connectivity index (χ4v) is 7.65. The Morgan fingerprint density at radius 1 is 0.591 bits per heavy atom. The highest BCUT2D eigenvalue weighted by Gasteiger charge is 2.18. The van der Waals surface area contributed by atoms with Crippen molar-refractivity contribution in [2.24, 2.45) is 0 Å². The van der Waals surface area contributed by atoms with E-state index in [-0.39, 0.29) is 0 Å². The third kappa shape index (κ3) is 3.69. The van der Waals surface area contributed by atoms with Crippen molar-refractivity contribution in [3.63, 3.8) is 0 Å². The second-order valence-corrected chi connectivity index (χ2v) is 12.0. The van der Waals surface area contributed by atoms with Gasteiger partial charge in [0.15, 0.2) is 5.82 Å². The monoisotopic (exact) mass is 578 g/mol. The lowest BCUT2D eigenvalue weighted by atomic mass is 10.0. The Labute approximate surface area is 256 Å². The molecular weight excluding hydrogens is 557 g/mol. The Morgan fingerprint density at radius 2 is 1.34 bits per heavy atom. The summed E-state index contributed by atoms with van der Waals surface area (Å²) in [4.78, 5) is 10.1. The number of aromatic nitrogens is 3. The lowest BCUT2D eigenvalue weighted by molar-refractivity contribution is 1.18. The average molecular weight is 579 g/mol. The summed E-state index contributed by atoms with van der Waals surface area (Å²) in [6, 6.07) is 48.3. The first-order valence-electron chi connectivity index (χ1n) is 14.5. The largest absolute Gasteiger partial charge is 0.308 e. The van der Waals surface area contributed by atoms with E-state index in [4.69, 9.17) is 9.97 Å². The van der Waals surface area contributed by atoms with Crippen LogP contribution in [0.5, 0.6) is 0 Å². The Morgan fingerprint density at radius 3 is 2.20 bits per heavy atom. The van der Waals surface area contributed by atoms with E-state index in [1.165, 1.54) is 42.0 Å². The van der Waals surface area contributed by atoms with Gasteiger partial charge in [0, 0.05) is 48.4 Å². The molecule has 0 fully saturated rings. The van der Waals surface area contributed by atoms with E-state index >= 15 is 0 Å². The molecule has 0 aliphatic carbocycles. The van der Waals surface area contributed by atoms with E-state index in [0.717, 1.165) is 33.4 Å². The number of nitrogens with zero attached hydrogens (tertiary/aromatic N) is 4. The molecule has 0 saturated carbocycles. The van der Waals surface area contributed by atoms with Crippen LogP contribution in [-0.2, 0) is 0 Å². The number of benzene rings is 6. The van der Waals surface area contributed by atoms with E-state index in [9.17, 15) is 5.26 Å². The first-order valence-corrected chi connectivity index (χ1v) is 15.3. The molecule has 3 aromatic heterocycles. The quantitative estimate of drug-likeness (QED) is 0.210. The summed E-state index contributed by atoms with van der Waals surface area (Å²) in [6.07, 6.45) is 0. The van der Waals surface area contributed by atoms with Crippen molar-refractivity contribution >= 4 is 64.2 Å². The summed E-state index contributed by atoms with van der Waals surface area (Å²) >= 11 is 1.85. The zero-order valence-electron chi connectivity index (χ0n) is 23.4. The molecule has 0 aliphatic rings. The highest BCUT2D eigenvalue weighted by atomic mass is 32.1. The molecule has 0 N–H and O–H groups in total. The minimum absolute atomic E-state index is 0.624. The number of rotatable bonds is 3. The maximum Gasteiger partial charge on any atom is 0.160 e. The summed E-state index contributed by atoms with van der Waals surface area (Å²) in [5.74, 6) is 0.665. The molecule has 0 atom stereocenters. The van der Waals surface area contributed by atoms with Gasteiger partial charge in [0.05, 0.1) is 38.6 Å². The van der Waals surface area contributed by atoms with Gasteiger partial charge in [-0.3, -0.25) is 0 Å². The molecule has 4 nitrogen and oxygen atoms in total. The maximum atomic E-state index is 9.32. The second-order valence-electron chi connectivity index (χ2n) is 10.9. The molecule has 9 aromatic rings. The van der Waals surface area contributed by atoms with Crippen LogP contribution in [0.2, 0.25) is 0 Å². The zero-order chi connectivity index (χ0) is 29.2. The van der Waals surface area contributed by atoms with Crippen molar-refractivity contribution < 1.29 is 0 Å². The van der Waals surface area contributed by atoms with Crippen molar-refractivity contribution in [1.29, 1.82) is 5.26 Å². The molecule has 0 unspecified atom stereocenters. The molecule has 44 heavy (non-hydrogen) atoms. The van der Waals surface area contributed by atoms with Crippen molar-refractivity contribution in [2.75, 3.05) is 0 Å². The minimum Gasteiger partial charge on any atom is -0.308 e. The van der Waals surface area contributed by atoms with E-state index < -0.39 is 0 Å². The minimum atomic E-state index is 0.624. The van der Waals surface area contributed by atoms with Crippen LogP contribution in [0.3, 0.4) is 0 Å². The predicted molar refractivity (Wildman–Crippen MR) is 182 cm³/mol. The van der Waals surface area contributed by atoms with E-state index in [1.54, 1.807) is 0 Å². The number of para-hydroxylation sites is 2. The van der Waals surface area contributed by atoms with Gasteiger partial charge in [-0.25, -0.2) is 9.97 Å². The highest BCUT2D eigenvalue weighted by Crippen LogP contribution is 2.43. The smallest absolute Gasteiger partial charge is 0.160 e. The highest BCUT2D eigenvalue weighted by molar-refractivity contribution is 7.26. The predicted octanol–water partition coefficient (Wildman–Crippen LogP) is 10.3. The van der Waals surface area contributed by atoms with Crippen molar-refractivity contribution in [3.05, 3.63) is 139 Å². The third-order valence-electron chi connectivity index (χ3n) is 8.43. The van der Waals surface area contributed by atoms with Crippen molar-refractivity contribution in [2.45, 2.75) is 0 Å². The third-order valence-corrected chi connectivity index (χ3v) is 9.63. The first kappa shape index (κ1) is 24.7. The molecule has 0 radical (unpaired) electrons. The molecular formula is C39H22N4S. The second kappa shape index (κ2) is 9.60. The van der Waals surface area contributed by atoms with E-state index in [1.807, 2.05) is 53.8 Å². The summed E-state index contributed by atoms with van der Waals surface area (Å²) in [6.45, 7) is 0. The van der Waals surface area contributed by atoms with Crippen LogP contribution < -0.4 is 0 Å². The summed E-state index contributed by atoms with van der Waals surface area (Å²) in [7, 11) is 0. The van der Waals surface area contributed by atoms with E-state index in [0.29, 0.717) is 11.4 Å². The summed E-state index contributed by atoms with van der Waals surface area (Å²) < 4.78 is 4.98. The SMILES string of the molecule is N#Cc1ccc(-c2nc(-c3cccc(-n4c5ccccc5c5ccc6c7ccccc7sc6c54)c3)nc3ccccc23)cc1. The van der Waals surface area contributed by atoms with Crippen LogP contribution in [0, 0.1) is 11.3 Å². The van der Waals surface area contributed by atoms with Gasteiger partial charge in [-0.05, 0) is 42.5 Å².